The van der Waals surface area contributed by atoms with Gasteiger partial charge >= 0.3 is 0 Å². The van der Waals surface area contributed by atoms with Gasteiger partial charge in [-0.05, 0) is 47.6 Å². The fourth-order valence-electron chi connectivity index (χ4n) is 2.23. The van der Waals surface area contributed by atoms with Crippen LogP contribution in [0.2, 0.25) is 0 Å². The largest absolute Gasteiger partial charge is 0.357 e. The number of rotatable bonds is 4. The van der Waals surface area contributed by atoms with E-state index in [1.165, 1.54) is 11.1 Å². The van der Waals surface area contributed by atoms with Gasteiger partial charge in [-0.3, -0.25) is 4.98 Å². The molecule has 1 aromatic heterocycles. The molecule has 0 saturated carbocycles. The SMILES string of the molecule is S=C(NCc1ccccn1)Nc1ccc(-c2ccccc2)cc1. The number of anilines is 1. The summed E-state index contributed by atoms with van der Waals surface area (Å²) in [7, 11) is 0. The van der Waals surface area contributed by atoms with E-state index >= 15 is 0 Å². The van der Waals surface area contributed by atoms with Crippen molar-refractivity contribution in [1.29, 1.82) is 0 Å². The summed E-state index contributed by atoms with van der Waals surface area (Å²) in [6.07, 6.45) is 1.77. The predicted octanol–water partition coefficient (Wildman–Crippen LogP) is 4.24. The molecule has 3 nitrogen and oxygen atoms in total. The summed E-state index contributed by atoms with van der Waals surface area (Å²) in [6, 6.07) is 24.3. The number of pyridine rings is 1. The van der Waals surface area contributed by atoms with Crippen molar-refractivity contribution in [1.82, 2.24) is 10.3 Å². The van der Waals surface area contributed by atoms with E-state index in [9.17, 15) is 0 Å². The van der Waals surface area contributed by atoms with Crippen LogP contribution in [-0.2, 0) is 6.54 Å². The number of benzene rings is 2. The molecular weight excluding hydrogens is 302 g/mol. The number of aromatic nitrogens is 1. The first kappa shape index (κ1) is 15.2. The number of thiocarbonyl (C=S) groups is 1. The van der Waals surface area contributed by atoms with Crippen molar-refractivity contribution >= 4 is 23.0 Å². The number of hydrogen-bond donors (Lipinski definition) is 2. The van der Waals surface area contributed by atoms with Gasteiger partial charge in [0.25, 0.3) is 0 Å². The van der Waals surface area contributed by atoms with Gasteiger partial charge in [-0.25, -0.2) is 0 Å². The van der Waals surface area contributed by atoms with E-state index in [0.717, 1.165) is 11.4 Å². The van der Waals surface area contributed by atoms with Crippen LogP contribution < -0.4 is 10.6 Å². The van der Waals surface area contributed by atoms with Gasteiger partial charge < -0.3 is 10.6 Å². The van der Waals surface area contributed by atoms with E-state index in [2.05, 4.69) is 39.9 Å². The second kappa shape index (κ2) is 7.51. The van der Waals surface area contributed by atoms with Gasteiger partial charge in [-0.2, -0.15) is 0 Å². The second-order valence-electron chi connectivity index (χ2n) is 5.07. The molecule has 0 unspecified atom stereocenters. The van der Waals surface area contributed by atoms with Gasteiger partial charge in [-0.1, -0.05) is 48.5 Å². The molecule has 23 heavy (non-hydrogen) atoms. The summed E-state index contributed by atoms with van der Waals surface area (Å²) in [5, 5.41) is 6.92. The quantitative estimate of drug-likeness (QED) is 0.706. The van der Waals surface area contributed by atoms with Crippen molar-refractivity contribution in [2.75, 3.05) is 5.32 Å². The van der Waals surface area contributed by atoms with Crippen molar-refractivity contribution < 1.29 is 0 Å². The maximum absolute atomic E-state index is 5.31. The molecule has 0 atom stereocenters. The zero-order chi connectivity index (χ0) is 15.9. The van der Waals surface area contributed by atoms with E-state index in [-0.39, 0.29) is 0 Å². The summed E-state index contributed by atoms with van der Waals surface area (Å²) < 4.78 is 0. The highest BCUT2D eigenvalue weighted by molar-refractivity contribution is 7.80. The molecule has 4 heteroatoms. The van der Waals surface area contributed by atoms with Crippen molar-refractivity contribution in [3.63, 3.8) is 0 Å². The summed E-state index contributed by atoms with van der Waals surface area (Å²) in [5.41, 5.74) is 4.30. The highest BCUT2D eigenvalue weighted by Crippen LogP contribution is 2.20. The fourth-order valence-corrected chi connectivity index (χ4v) is 2.42. The molecule has 0 aliphatic heterocycles. The number of nitrogens with zero attached hydrogens (tertiary/aromatic N) is 1. The van der Waals surface area contributed by atoms with Crippen molar-refractivity contribution in [3.8, 4) is 11.1 Å². The lowest BCUT2D eigenvalue weighted by Crippen LogP contribution is -2.28. The maximum Gasteiger partial charge on any atom is 0.171 e. The molecule has 0 aliphatic carbocycles. The highest BCUT2D eigenvalue weighted by atomic mass is 32.1. The molecule has 1 heterocycles. The monoisotopic (exact) mass is 319 g/mol. The predicted molar refractivity (Wildman–Crippen MR) is 99.2 cm³/mol. The van der Waals surface area contributed by atoms with Crippen LogP contribution in [0.4, 0.5) is 5.69 Å². The zero-order valence-electron chi connectivity index (χ0n) is 12.6. The first-order chi connectivity index (χ1) is 11.3. The minimum Gasteiger partial charge on any atom is -0.357 e. The van der Waals surface area contributed by atoms with Gasteiger partial charge in [0.15, 0.2) is 5.11 Å². The van der Waals surface area contributed by atoms with Crippen molar-refractivity contribution in [3.05, 3.63) is 84.7 Å². The minimum atomic E-state index is 0.586. The molecule has 2 aromatic carbocycles. The van der Waals surface area contributed by atoms with Crippen LogP contribution in [0.1, 0.15) is 5.69 Å². The third kappa shape index (κ3) is 4.37. The average Bonchev–Trinajstić information content (AvgIpc) is 2.62. The van der Waals surface area contributed by atoms with Crippen LogP contribution in [0.3, 0.4) is 0 Å². The van der Waals surface area contributed by atoms with Gasteiger partial charge in [0.05, 0.1) is 12.2 Å². The Morgan fingerprint density at radius 1 is 0.826 bits per heavy atom. The lowest BCUT2D eigenvalue weighted by molar-refractivity contribution is 0.882. The van der Waals surface area contributed by atoms with Crippen molar-refractivity contribution in [2.45, 2.75) is 6.54 Å². The Kier molecular flexibility index (Phi) is 4.96. The lowest BCUT2D eigenvalue weighted by Gasteiger charge is -2.11. The summed E-state index contributed by atoms with van der Waals surface area (Å²) in [4.78, 5) is 4.25. The number of nitrogens with one attached hydrogen (secondary N) is 2. The molecule has 0 spiro atoms. The van der Waals surface area contributed by atoms with Crippen LogP contribution in [0.15, 0.2) is 79.0 Å². The summed E-state index contributed by atoms with van der Waals surface area (Å²) >= 11 is 5.31. The van der Waals surface area contributed by atoms with Crippen molar-refractivity contribution in [2.24, 2.45) is 0 Å². The van der Waals surface area contributed by atoms with Gasteiger partial charge in [-0.15, -0.1) is 0 Å². The maximum atomic E-state index is 5.31. The second-order valence-corrected chi connectivity index (χ2v) is 5.48. The Balaban J connectivity index is 1.57. The molecule has 0 saturated heterocycles. The Hall–Kier alpha value is -2.72. The molecule has 0 aliphatic rings. The van der Waals surface area contributed by atoms with Crippen LogP contribution in [0, 0.1) is 0 Å². The Morgan fingerprint density at radius 3 is 2.22 bits per heavy atom. The first-order valence-electron chi connectivity index (χ1n) is 7.41. The zero-order valence-corrected chi connectivity index (χ0v) is 13.4. The first-order valence-corrected chi connectivity index (χ1v) is 7.82. The molecule has 3 rings (SSSR count). The molecule has 2 N–H and O–H groups in total. The van der Waals surface area contributed by atoms with Gasteiger partial charge in [0.1, 0.15) is 0 Å². The third-order valence-corrected chi connectivity index (χ3v) is 3.65. The van der Waals surface area contributed by atoms with Gasteiger partial charge in [0.2, 0.25) is 0 Å². The average molecular weight is 319 g/mol. The smallest absolute Gasteiger partial charge is 0.171 e. The molecule has 0 amide bonds. The van der Waals surface area contributed by atoms with E-state index in [4.69, 9.17) is 12.2 Å². The summed E-state index contributed by atoms with van der Waals surface area (Å²) in [6.45, 7) is 0.606. The van der Waals surface area contributed by atoms with Gasteiger partial charge in [0, 0.05) is 11.9 Å². The Labute approximate surface area is 141 Å². The minimum absolute atomic E-state index is 0.586. The van der Waals surface area contributed by atoms with E-state index in [1.807, 2.05) is 48.5 Å². The molecule has 0 bridgehead atoms. The van der Waals surface area contributed by atoms with Crippen LogP contribution in [0.5, 0.6) is 0 Å². The van der Waals surface area contributed by atoms with Crippen LogP contribution in [0.25, 0.3) is 11.1 Å². The number of hydrogen-bond acceptors (Lipinski definition) is 2. The molecular formula is C19H17N3S. The highest BCUT2D eigenvalue weighted by Gasteiger charge is 2.00. The molecule has 114 valence electrons. The molecule has 0 fully saturated rings. The Bertz CT molecular complexity index is 756. The third-order valence-electron chi connectivity index (χ3n) is 3.41. The van der Waals surface area contributed by atoms with Crippen LogP contribution in [-0.4, -0.2) is 10.1 Å². The standard InChI is InChI=1S/C19H17N3S/c23-19(21-14-18-8-4-5-13-20-18)22-17-11-9-16(10-12-17)15-6-2-1-3-7-15/h1-13H,14H2,(H2,21,22,23). The fraction of sp³-hybridized carbons (Fsp3) is 0.0526. The lowest BCUT2D eigenvalue weighted by atomic mass is 10.1. The summed E-state index contributed by atoms with van der Waals surface area (Å²) in [5.74, 6) is 0. The topological polar surface area (TPSA) is 37.0 Å². The van der Waals surface area contributed by atoms with Crippen LogP contribution >= 0.6 is 12.2 Å². The van der Waals surface area contributed by atoms with E-state index in [0.29, 0.717) is 11.7 Å². The Morgan fingerprint density at radius 2 is 1.52 bits per heavy atom. The normalized spacial score (nSPS) is 10.1. The molecule has 3 aromatic rings. The van der Waals surface area contributed by atoms with E-state index < -0.39 is 0 Å². The molecule has 0 radical (unpaired) electrons. The van der Waals surface area contributed by atoms with E-state index in [1.54, 1.807) is 6.20 Å².